The zero-order valence-electron chi connectivity index (χ0n) is 23.6. The zero-order chi connectivity index (χ0) is 28.2. The Morgan fingerprint density at radius 2 is 0.619 bits per heavy atom. The maximum Gasteiger partial charge on any atom is 0.0794 e. The Balaban J connectivity index is 1.14. The van der Waals surface area contributed by atoms with E-state index in [-0.39, 0.29) is 0 Å². The third kappa shape index (κ3) is 3.88. The maximum atomic E-state index is 5.20. The molecule has 0 bridgehead atoms. The lowest BCUT2D eigenvalue weighted by Gasteiger charge is -2.10. The smallest absolute Gasteiger partial charge is 0.0794 e. The molecule has 0 N–H and O–H groups in total. The van der Waals surface area contributed by atoms with Crippen molar-refractivity contribution < 1.29 is 0 Å². The number of nitrogens with zero attached hydrogens (tertiary/aromatic N) is 2. The highest BCUT2D eigenvalue weighted by atomic mass is 14.8. The molecule has 6 aromatic rings. The number of hydrogen-bond donors (Lipinski definition) is 0. The molecule has 2 nitrogen and oxygen atoms in total. The van der Waals surface area contributed by atoms with Crippen molar-refractivity contribution in [3.8, 4) is 33.4 Å². The molecule has 198 valence electrons. The first-order valence-corrected chi connectivity index (χ1v) is 14.4. The minimum atomic E-state index is 0.999. The van der Waals surface area contributed by atoms with E-state index in [2.05, 4.69) is 147 Å². The summed E-state index contributed by atoms with van der Waals surface area (Å²) >= 11 is 0. The molecule has 0 amide bonds. The molecule has 0 aromatic heterocycles. The molecule has 0 spiro atoms. The molecule has 0 radical (unpaired) electrons. The summed E-state index contributed by atoms with van der Waals surface area (Å²) in [5.41, 5.74) is 18.6. The second kappa shape index (κ2) is 9.64. The van der Waals surface area contributed by atoms with E-state index in [1.54, 1.807) is 0 Å². The Bertz CT molecular complexity index is 1860. The van der Waals surface area contributed by atoms with Crippen LogP contribution in [-0.2, 0) is 0 Å². The van der Waals surface area contributed by atoms with Crippen LogP contribution in [0, 0.1) is 13.8 Å². The monoisotopic (exact) mass is 536 g/mol. The number of fused-ring (bicyclic) bond motifs is 6. The van der Waals surface area contributed by atoms with E-state index in [1.165, 1.54) is 55.6 Å². The van der Waals surface area contributed by atoms with Gasteiger partial charge in [0.2, 0.25) is 0 Å². The van der Waals surface area contributed by atoms with Crippen molar-refractivity contribution >= 4 is 22.8 Å². The van der Waals surface area contributed by atoms with Crippen molar-refractivity contribution in [1.82, 2.24) is 0 Å². The first-order chi connectivity index (χ1) is 20.7. The molecule has 0 heterocycles. The lowest BCUT2D eigenvalue weighted by atomic mass is 9.99. The van der Waals surface area contributed by atoms with Crippen LogP contribution in [0.25, 0.3) is 33.4 Å². The molecule has 2 heteroatoms. The Labute approximate surface area is 246 Å². The molecule has 0 fully saturated rings. The highest BCUT2D eigenvalue weighted by Crippen LogP contribution is 2.40. The van der Waals surface area contributed by atoms with Gasteiger partial charge in [-0.05, 0) is 82.6 Å². The van der Waals surface area contributed by atoms with Crippen LogP contribution in [0.3, 0.4) is 0 Å². The highest BCUT2D eigenvalue weighted by molar-refractivity contribution is 6.26. The van der Waals surface area contributed by atoms with Gasteiger partial charge >= 0.3 is 0 Å². The molecular formula is C40H28N2. The summed E-state index contributed by atoms with van der Waals surface area (Å²) in [5, 5.41) is 0. The summed E-state index contributed by atoms with van der Waals surface area (Å²) < 4.78 is 0. The second-order valence-electron chi connectivity index (χ2n) is 11.1. The number of benzene rings is 6. The first-order valence-electron chi connectivity index (χ1n) is 14.4. The van der Waals surface area contributed by atoms with Crippen molar-refractivity contribution in [3.63, 3.8) is 0 Å². The normalized spacial score (nSPS) is 12.4. The van der Waals surface area contributed by atoms with Crippen molar-refractivity contribution in [2.75, 3.05) is 0 Å². The molecular weight excluding hydrogens is 508 g/mol. The second-order valence-corrected chi connectivity index (χ2v) is 11.1. The van der Waals surface area contributed by atoms with Crippen molar-refractivity contribution in [2.45, 2.75) is 13.8 Å². The molecule has 0 unspecified atom stereocenters. The van der Waals surface area contributed by atoms with E-state index < -0.39 is 0 Å². The van der Waals surface area contributed by atoms with E-state index in [4.69, 9.17) is 9.98 Å². The molecule has 2 aliphatic carbocycles. The summed E-state index contributed by atoms with van der Waals surface area (Å²) in [6, 6.07) is 47.4. The number of rotatable bonds is 3. The molecule has 0 aliphatic heterocycles. The summed E-state index contributed by atoms with van der Waals surface area (Å²) in [7, 11) is 0. The van der Waals surface area contributed by atoms with Crippen molar-refractivity contribution in [1.29, 1.82) is 0 Å². The molecule has 0 saturated heterocycles. The largest absolute Gasteiger partial charge is 0.247 e. The van der Waals surface area contributed by atoms with Gasteiger partial charge in [0.1, 0.15) is 0 Å². The molecule has 0 atom stereocenters. The average Bonchev–Trinajstić information content (AvgIpc) is 3.52. The minimum absolute atomic E-state index is 0.999. The van der Waals surface area contributed by atoms with Crippen LogP contribution in [0.4, 0.5) is 11.4 Å². The fourth-order valence-electron chi connectivity index (χ4n) is 6.39. The Morgan fingerprint density at radius 1 is 0.333 bits per heavy atom. The summed E-state index contributed by atoms with van der Waals surface area (Å²) in [5.74, 6) is 0. The van der Waals surface area contributed by atoms with Crippen molar-refractivity contribution in [3.05, 3.63) is 167 Å². The van der Waals surface area contributed by atoms with E-state index in [0.29, 0.717) is 0 Å². The lowest BCUT2D eigenvalue weighted by molar-refractivity contribution is 1.37. The summed E-state index contributed by atoms with van der Waals surface area (Å²) in [6.45, 7) is 4.30. The first kappa shape index (κ1) is 24.5. The molecule has 42 heavy (non-hydrogen) atoms. The van der Waals surface area contributed by atoms with Gasteiger partial charge in [-0.25, -0.2) is 9.98 Å². The summed E-state index contributed by atoms with van der Waals surface area (Å²) in [6.07, 6.45) is 0. The predicted octanol–water partition coefficient (Wildman–Crippen LogP) is 10.3. The molecule has 8 rings (SSSR count). The number of aryl methyl sites for hydroxylation is 2. The van der Waals surface area contributed by atoms with E-state index >= 15 is 0 Å². The summed E-state index contributed by atoms with van der Waals surface area (Å²) in [4.78, 5) is 10.4. The quantitative estimate of drug-likeness (QED) is 0.215. The van der Waals surface area contributed by atoms with Crippen LogP contribution < -0.4 is 0 Å². The average molecular weight is 537 g/mol. The van der Waals surface area contributed by atoms with E-state index in [9.17, 15) is 0 Å². The molecule has 6 aromatic carbocycles. The third-order valence-electron chi connectivity index (χ3n) is 8.50. The van der Waals surface area contributed by atoms with Gasteiger partial charge in [0.05, 0.1) is 22.8 Å². The van der Waals surface area contributed by atoms with Gasteiger partial charge in [-0.3, -0.25) is 0 Å². The van der Waals surface area contributed by atoms with Gasteiger partial charge in [0.15, 0.2) is 0 Å². The van der Waals surface area contributed by atoms with Gasteiger partial charge in [-0.1, -0.05) is 109 Å². The molecule has 0 saturated carbocycles. The van der Waals surface area contributed by atoms with Crippen LogP contribution in [0.2, 0.25) is 0 Å². The zero-order valence-corrected chi connectivity index (χ0v) is 23.6. The van der Waals surface area contributed by atoms with Crippen LogP contribution in [0.15, 0.2) is 143 Å². The van der Waals surface area contributed by atoms with E-state index in [1.807, 2.05) is 0 Å². The van der Waals surface area contributed by atoms with E-state index in [0.717, 1.165) is 33.9 Å². The highest BCUT2D eigenvalue weighted by Gasteiger charge is 2.25. The molecule has 2 aliphatic rings. The van der Waals surface area contributed by atoms with Gasteiger partial charge in [0, 0.05) is 22.3 Å². The maximum absolute atomic E-state index is 5.20. The minimum Gasteiger partial charge on any atom is -0.247 e. The third-order valence-corrected chi connectivity index (χ3v) is 8.50. The van der Waals surface area contributed by atoms with Crippen LogP contribution in [-0.4, -0.2) is 11.4 Å². The Morgan fingerprint density at radius 3 is 0.905 bits per heavy atom. The fourth-order valence-corrected chi connectivity index (χ4v) is 6.39. The lowest BCUT2D eigenvalue weighted by Crippen LogP contribution is -1.98. The van der Waals surface area contributed by atoms with Crippen LogP contribution in [0.5, 0.6) is 0 Å². The van der Waals surface area contributed by atoms with Gasteiger partial charge in [0.25, 0.3) is 0 Å². The van der Waals surface area contributed by atoms with Gasteiger partial charge in [-0.15, -0.1) is 0 Å². The van der Waals surface area contributed by atoms with Crippen molar-refractivity contribution in [2.24, 2.45) is 9.98 Å². The fraction of sp³-hybridized carbons (Fsp3) is 0.0500. The predicted molar refractivity (Wildman–Crippen MR) is 176 cm³/mol. The van der Waals surface area contributed by atoms with Crippen LogP contribution >= 0.6 is 0 Å². The number of aliphatic imine (C=N–C) groups is 2. The van der Waals surface area contributed by atoms with Gasteiger partial charge in [-0.2, -0.15) is 0 Å². The van der Waals surface area contributed by atoms with Crippen LogP contribution in [0.1, 0.15) is 33.4 Å². The van der Waals surface area contributed by atoms with Gasteiger partial charge < -0.3 is 0 Å². The Hall–Kier alpha value is -5.34. The standard InChI is InChI=1S/C40H28N2/c1-25-23-27(19-21-37(25)41-39-33-15-7-3-11-29(33)30-12-4-8-16-34(30)39)28-20-22-38(26(2)24-28)42-40-35-17-9-5-13-31(35)32-14-6-10-18-36(32)40/h3-24H,1-2H3. The number of hydrogen-bond acceptors (Lipinski definition) is 2. The Kier molecular flexibility index (Phi) is 5.61. The SMILES string of the molecule is Cc1cc(-c2ccc(N=C3c4ccccc4-c4ccccc43)c(C)c2)ccc1N=C1c2ccccc2-c2ccccc21. The topological polar surface area (TPSA) is 24.7 Å².